The molecule has 4 aromatic rings. The number of benzene rings is 2. The standard InChI is InChI=1S/C24H23N3OS2/c1-14-5-7-18(8-6-14)19-11-29-23-21(19)24(26-13-25-23)30-12-20(28)27-22-16(3)9-15(2)10-17(22)4/h5-11,13H,12H2,1-4H3,(H,27,28). The Morgan fingerprint density at radius 3 is 2.40 bits per heavy atom. The first-order chi connectivity index (χ1) is 14.4. The van der Waals surface area contributed by atoms with Crippen molar-refractivity contribution in [1.82, 2.24) is 9.97 Å². The lowest BCUT2D eigenvalue weighted by Gasteiger charge is -2.13. The van der Waals surface area contributed by atoms with Gasteiger partial charge in [-0.05, 0) is 44.4 Å². The number of fused-ring (bicyclic) bond motifs is 1. The van der Waals surface area contributed by atoms with Crippen molar-refractivity contribution < 1.29 is 4.79 Å². The maximum absolute atomic E-state index is 12.7. The van der Waals surface area contributed by atoms with Crippen LogP contribution in [0.3, 0.4) is 0 Å². The number of nitrogens with zero attached hydrogens (tertiary/aromatic N) is 2. The van der Waals surface area contributed by atoms with Crippen LogP contribution in [0.5, 0.6) is 0 Å². The molecule has 152 valence electrons. The van der Waals surface area contributed by atoms with E-state index in [-0.39, 0.29) is 5.91 Å². The molecule has 4 nitrogen and oxygen atoms in total. The fraction of sp³-hybridized carbons (Fsp3) is 0.208. The summed E-state index contributed by atoms with van der Waals surface area (Å²) in [6.07, 6.45) is 1.58. The predicted octanol–water partition coefficient (Wildman–Crippen LogP) is 6.32. The van der Waals surface area contributed by atoms with E-state index in [1.165, 1.54) is 22.9 Å². The molecule has 0 aliphatic carbocycles. The molecule has 2 aromatic carbocycles. The van der Waals surface area contributed by atoms with Crippen molar-refractivity contribution in [2.24, 2.45) is 0 Å². The van der Waals surface area contributed by atoms with Gasteiger partial charge in [0.1, 0.15) is 16.2 Å². The molecule has 1 amide bonds. The molecule has 6 heteroatoms. The molecule has 0 atom stereocenters. The number of anilines is 1. The highest BCUT2D eigenvalue weighted by Gasteiger charge is 2.15. The van der Waals surface area contributed by atoms with Crippen molar-refractivity contribution in [2.45, 2.75) is 32.7 Å². The van der Waals surface area contributed by atoms with Gasteiger partial charge >= 0.3 is 0 Å². The third kappa shape index (κ3) is 4.25. The van der Waals surface area contributed by atoms with Crippen LogP contribution in [-0.2, 0) is 4.79 Å². The molecule has 0 radical (unpaired) electrons. The Labute approximate surface area is 184 Å². The maximum atomic E-state index is 12.7. The number of thioether (sulfide) groups is 1. The van der Waals surface area contributed by atoms with Crippen molar-refractivity contribution in [3.63, 3.8) is 0 Å². The Kier molecular flexibility index (Phi) is 5.88. The first kappa shape index (κ1) is 20.6. The van der Waals surface area contributed by atoms with E-state index in [2.05, 4.69) is 70.9 Å². The number of carbonyl (C=O) groups is 1. The van der Waals surface area contributed by atoms with E-state index in [0.717, 1.165) is 43.2 Å². The van der Waals surface area contributed by atoms with Crippen LogP contribution in [0.2, 0.25) is 0 Å². The molecule has 0 saturated carbocycles. The van der Waals surface area contributed by atoms with Gasteiger partial charge in [-0.3, -0.25) is 4.79 Å². The number of amides is 1. The lowest BCUT2D eigenvalue weighted by atomic mass is 10.1. The van der Waals surface area contributed by atoms with Crippen LogP contribution in [0.15, 0.2) is 53.1 Å². The Balaban J connectivity index is 1.57. The molecular weight excluding hydrogens is 410 g/mol. The third-order valence-electron chi connectivity index (χ3n) is 4.98. The van der Waals surface area contributed by atoms with Crippen LogP contribution >= 0.6 is 23.1 Å². The molecule has 0 saturated heterocycles. The Hall–Kier alpha value is -2.70. The van der Waals surface area contributed by atoms with Crippen molar-refractivity contribution in [3.05, 3.63) is 70.4 Å². The van der Waals surface area contributed by atoms with Crippen LogP contribution in [0, 0.1) is 27.7 Å². The summed E-state index contributed by atoms with van der Waals surface area (Å²) in [5, 5.41) is 7.05. The van der Waals surface area contributed by atoms with E-state index >= 15 is 0 Å². The molecule has 2 aromatic heterocycles. The number of aromatic nitrogens is 2. The minimum atomic E-state index is -0.0334. The van der Waals surface area contributed by atoms with Crippen molar-refractivity contribution >= 4 is 44.9 Å². The maximum Gasteiger partial charge on any atom is 0.234 e. The van der Waals surface area contributed by atoms with Crippen LogP contribution in [0.4, 0.5) is 5.69 Å². The normalized spacial score (nSPS) is 11.1. The minimum Gasteiger partial charge on any atom is -0.325 e. The number of thiophene rings is 1. The van der Waals surface area contributed by atoms with Gasteiger partial charge < -0.3 is 5.32 Å². The smallest absolute Gasteiger partial charge is 0.234 e. The molecule has 0 spiro atoms. The summed E-state index contributed by atoms with van der Waals surface area (Å²) in [5.74, 6) is 0.260. The molecule has 0 bridgehead atoms. The number of hydrogen-bond donors (Lipinski definition) is 1. The van der Waals surface area contributed by atoms with Gasteiger partial charge in [-0.1, -0.05) is 59.3 Å². The zero-order valence-electron chi connectivity index (χ0n) is 17.4. The van der Waals surface area contributed by atoms with Crippen molar-refractivity contribution in [2.75, 3.05) is 11.1 Å². The van der Waals surface area contributed by atoms with Crippen LogP contribution in [0.1, 0.15) is 22.3 Å². The molecule has 30 heavy (non-hydrogen) atoms. The van der Waals surface area contributed by atoms with Gasteiger partial charge in [0.2, 0.25) is 5.91 Å². The van der Waals surface area contributed by atoms with Crippen LogP contribution in [0.25, 0.3) is 21.3 Å². The van der Waals surface area contributed by atoms with Gasteiger partial charge in [0.15, 0.2) is 0 Å². The first-order valence-corrected chi connectivity index (χ1v) is 11.6. The van der Waals surface area contributed by atoms with Crippen molar-refractivity contribution in [3.8, 4) is 11.1 Å². The average Bonchev–Trinajstić information content (AvgIpc) is 3.14. The zero-order chi connectivity index (χ0) is 21.3. The number of carbonyl (C=O) groups excluding carboxylic acids is 1. The number of aryl methyl sites for hydroxylation is 4. The number of nitrogens with one attached hydrogen (secondary N) is 1. The second-order valence-corrected chi connectivity index (χ2v) is 9.31. The average molecular weight is 434 g/mol. The first-order valence-electron chi connectivity index (χ1n) is 9.72. The van der Waals surface area contributed by atoms with Crippen LogP contribution < -0.4 is 5.32 Å². The monoisotopic (exact) mass is 433 g/mol. The highest BCUT2D eigenvalue weighted by molar-refractivity contribution is 8.00. The molecule has 2 heterocycles. The second kappa shape index (κ2) is 8.58. The Morgan fingerprint density at radius 2 is 1.70 bits per heavy atom. The SMILES string of the molecule is Cc1ccc(-c2csc3ncnc(SCC(=O)Nc4c(C)cc(C)cc4C)c23)cc1. The second-order valence-electron chi connectivity index (χ2n) is 7.48. The lowest BCUT2D eigenvalue weighted by molar-refractivity contribution is -0.113. The van der Waals surface area contributed by atoms with E-state index in [1.54, 1.807) is 17.7 Å². The summed E-state index contributed by atoms with van der Waals surface area (Å²) in [7, 11) is 0. The van der Waals surface area contributed by atoms with E-state index in [9.17, 15) is 4.79 Å². The van der Waals surface area contributed by atoms with Gasteiger partial charge in [-0.15, -0.1) is 11.3 Å². The van der Waals surface area contributed by atoms with Gasteiger partial charge in [-0.25, -0.2) is 9.97 Å². The van der Waals surface area contributed by atoms with Gasteiger partial charge in [0.05, 0.1) is 11.1 Å². The minimum absolute atomic E-state index is 0.0334. The molecule has 4 rings (SSSR count). The molecule has 0 fully saturated rings. The van der Waals surface area contributed by atoms with Gasteiger partial charge in [0.25, 0.3) is 0 Å². The van der Waals surface area contributed by atoms with Gasteiger partial charge in [0, 0.05) is 16.6 Å². The van der Waals surface area contributed by atoms with Crippen LogP contribution in [-0.4, -0.2) is 21.6 Å². The van der Waals surface area contributed by atoms with Crippen molar-refractivity contribution in [1.29, 1.82) is 0 Å². The quantitative estimate of drug-likeness (QED) is 0.295. The summed E-state index contributed by atoms with van der Waals surface area (Å²) in [6, 6.07) is 12.6. The van der Waals surface area contributed by atoms with Gasteiger partial charge in [-0.2, -0.15) is 0 Å². The van der Waals surface area contributed by atoms with E-state index < -0.39 is 0 Å². The highest BCUT2D eigenvalue weighted by Crippen LogP contribution is 2.38. The summed E-state index contributed by atoms with van der Waals surface area (Å²) < 4.78 is 0. The van der Waals surface area contributed by atoms with E-state index in [1.807, 2.05) is 13.8 Å². The number of rotatable bonds is 5. The molecule has 0 unspecified atom stereocenters. The number of hydrogen-bond acceptors (Lipinski definition) is 5. The topological polar surface area (TPSA) is 54.9 Å². The fourth-order valence-corrected chi connectivity index (χ4v) is 5.38. The largest absolute Gasteiger partial charge is 0.325 e. The molecular formula is C24H23N3OS2. The summed E-state index contributed by atoms with van der Waals surface area (Å²) in [6.45, 7) is 8.19. The van der Waals surface area contributed by atoms with E-state index in [0.29, 0.717) is 5.75 Å². The summed E-state index contributed by atoms with van der Waals surface area (Å²) in [5.41, 5.74) is 7.73. The lowest BCUT2D eigenvalue weighted by Crippen LogP contribution is -2.16. The third-order valence-corrected chi connectivity index (χ3v) is 6.86. The van der Waals surface area contributed by atoms with E-state index in [4.69, 9.17) is 0 Å². The molecule has 0 aliphatic heterocycles. The summed E-state index contributed by atoms with van der Waals surface area (Å²) in [4.78, 5) is 22.5. The Bertz CT molecular complexity index is 1210. The predicted molar refractivity (Wildman–Crippen MR) is 128 cm³/mol. The fourth-order valence-electron chi connectivity index (χ4n) is 3.59. The highest BCUT2D eigenvalue weighted by atomic mass is 32.2. The molecule has 0 aliphatic rings. The zero-order valence-corrected chi connectivity index (χ0v) is 19.1. The molecule has 1 N–H and O–H groups in total. The summed E-state index contributed by atoms with van der Waals surface area (Å²) >= 11 is 3.06. The Morgan fingerprint density at radius 1 is 1.00 bits per heavy atom.